The lowest BCUT2D eigenvalue weighted by atomic mass is 9.92. The van der Waals surface area contributed by atoms with Crippen LogP contribution in [0.1, 0.15) is 36.8 Å². The molecule has 0 aliphatic rings. The van der Waals surface area contributed by atoms with E-state index < -0.39 is 18.5 Å². The first-order chi connectivity index (χ1) is 11.3. The van der Waals surface area contributed by atoms with E-state index in [4.69, 9.17) is 14.0 Å². The molecule has 0 radical (unpaired) electrons. The predicted molar refractivity (Wildman–Crippen MR) is 87.1 cm³/mol. The summed E-state index contributed by atoms with van der Waals surface area (Å²) >= 11 is 0. The van der Waals surface area contributed by atoms with Crippen LogP contribution in [0, 0.1) is 0 Å². The lowest BCUT2D eigenvalue weighted by Gasteiger charge is -2.12. The number of hydrogen-bond acceptors (Lipinski definition) is 6. The van der Waals surface area contributed by atoms with Crippen molar-refractivity contribution in [1.82, 2.24) is 5.16 Å². The van der Waals surface area contributed by atoms with Crippen LogP contribution >= 0.6 is 0 Å². The van der Waals surface area contributed by atoms with Crippen LogP contribution in [0.15, 0.2) is 34.9 Å². The van der Waals surface area contributed by atoms with Crippen LogP contribution in [0.5, 0.6) is 5.75 Å². The van der Waals surface area contributed by atoms with Crippen LogP contribution in [0.25, 0.3) is 0 Å². The Kier molecular flexibility index (Phi) is 5.23. The molecular weight excluding hydrogens is 312 g/mol. The number of methoxy groups -OCH3 is 1. The highest BCUT2D eigenvalue weighted by Gasteiger charge is 2.20. The monoisotopic (exact) mass is 332 g/mol. The minimum atomic E-state index is -0.643. The molecule has 0 spiro atoms. The third kappa shape index (κ3) is 4.34. The molecule has 0 saturated carbocycles. The van der Waals surface area contributed by atoms with Crippen molar-refractivity contribution in [1.29, 1.82) is 0 Å². The predicted octanol–water partition coefficient (Wildman–Crippen LogP) is 2.78. The van der Waals surface area contributed by atoms with Crippen LogP contribution in [0.4, 0.5) is 5.88 Å². The van der Waals surface area contributed by atoms with Gasteiger partial charge in [-0.15, -0.1) is 0 Å². The van der Waals surface area contributed by atoms with Gasteiger partial charge in [0.15, 0.2) is 6.61 Å². The van der Waals surface area contributed by atoms with Gasteiger partial charge >= 0.3 is 5.97 Å². The number of benzene rings is 1. The third-order valence-electron chi connectivity index (χ3n) is 3.20. The zero-order chi connectivity index (χ0) is 17.7. The van der Waals surface area contributed by atoms with Crippen LogP contribution in [-0.4, -0.2) is 30.7 Å². The maximum Gasteiger partial charge on any atom is 0.342 e. The lowest BCUT2D eigenvalue weighted by Crippen LogP contribution is -2.21. The average Bonchev–Trinajstić information content (AvgIpc) is 3.01. The van der Waals surface area contributed by atoms with Gasteiger partial charge in [-0.2, -0.15) is 0 Å². The third-order valence-corrected chi connectivity index (χ3v) is 3.20. The molecular formula is C17H20N2O5. The fraction of sp³-hybridized carbons (Fsp3) is 0.353. The van der Waals surface area contributed by atoms with E-state index >= 15 is 0 Å². The molecule has 24 heavy (non-hydrogen) atoms. The molecule has 2 rings (SSSR count). The van der Waals surface area contributed by atoms with Crippen molar-refractivity contribution in [3.05, 3.63) is 41.6 Å². The van der Waals surface area contributed by atoms with Gasteiger partial charge in [-0.1, -0.05) is 38.1 Å². The van der Waals surface area contributed by atoms with E-state index in [2.05, 4.69) is 10.5 Å². The van der Waals surface area contributed by atoms with Crippen molar-refractivity contribution in [3.63, 3.8) is 0 Å². The van der Waals surface area contributed by atoms with Crippen molar-refractivity contribution in [2.24, 2.45) is 0 Å². The number of anilines is 1. The van der Waals surface area contributed by atoms with E-state index in [1.54, 1.807) is 30.3 Å². The fourth-order valence-electron chi connectivity index (χ4n) is 1.88. The first-order valence-corrected chi connectivity index (χ1v) is 7.38. The molecule has 2 aromatic rings. The Hall–Kier alpha value is -2.83. The second kappa shape index (κ2) is 7.16. The Morgan fingerprint density at radius 3 is 2.58 bits per heavy atom. The fourth-order valence-corrected chi connectivity index (χ4v) is 1.88. The summed E-state index contributed by atoms with van der Waals surface area (Å²) in [6.07, 6.45) is 0. The van der Waals surface area contributed by atoms with Crippen molar-refractivity contribution in [2.45, 2.75) is 26.2 Å². The molecule has 7 heteroatoms. The van der Waals surface area contributed by atoms with Crippen LogP contribution in [0.2, 0.25) is 0 Å². The Morgan fingerprint density at radius 1 is 1.25 bits per heavy atom. The standard InChI is InChI=1S/C17H20N2O5/c1-17(2,3)13-9-15(24-19-13)18-14(20)10-23-16(21)11-7-5-6-8-12(11)22-4/h5-9H,10H2,1-4H3,(H,18,20). The second-order valence-corrected chi connectivity index (χ2v) is 6.15. The van der Waals surface area contributed by atoms with Gasteiger partial charge in [0.05, 0.1) is 12.8 Å². The first kappa shape index (κ1) is 17.5. The Balaban J connectivity index is 1.91. The van der Waals surface area contributed by atoms with E-state index in [1.165, 1.54) is 7.11 Å². The molecule has 128 valence electrons. The SMILES string of the molecule is COc1ccccc1C(=O)OCC(=O)Nc1cc(C(C)(C)C)no1. The number of esters is 1. The highest BCUT2D eigenvalue weighted by Crippen LogP contribution is 2.23. The second-order valence-electron chi connectivity index (χ2n) is 6.15. The van der Waals surface area contributed by atoms with Gasteiger partial charge in [0, 0.05) is 11.5 Å². The number of nitrogens with one attached hydrogen (secondary N) is 1. The molecule has 1 amide bonds. The van der Waals surface area contributed by atoms with Crippen molar-refractivity contribution in [3.8, 4) is 5.75 Å². The summed E-state index contributed by atoms with van der Waals surface area (Å²) in [5.74, 6) is -0.573. The molecule has 0 bridgehead atoms. The number of hydrogen-bond donors (Lipinski definition) is 1. The summed E-state index contributed by atoms with van der Waals surface area (Å²) in [7, 11) is 1.45. The van der Waals surface area contributed by atoms with Gasteiger partial charge in [-0.3, -0.25) is 10.1 Å². The Morgan fingerprint density at radius 2 is 1.96 bits per heavy atom. The maximum absolute atomic E-state index is 12.0. The average molecular weight is 332 g/mol. The number of carbonyl (C=O) groups is 2. The summed E-state index contributed by atoms with van der Waals surface area (Å²) < 4.78 is 15.1. The van der Waals surface area contributed by atoms with Crippen molar-refractivity contribution in [2.75, 3.05) is 19.0 Å². The maximum atomic E-state index is 12.0. The number of aromatic nitrogens is 1. The lowest BCUT2D eigenvalue weighted by molar-refractivity contribution is -0.119. The molecule has 1 heterocycles. The van der Waals surface area contributed by atoms with E-state index in [1.807, 2.05) is 20.8 Å². The Labute approximate surface area is 139 Å². The van der Waals surface area contributed by atoms with Gasteiger partial charge in [0.1, 0.15) is 11.3 Å². The minimum Gasteiger partial charge on any atom is -0.496 e. The number of amides is 1. The van der Waals surface area contributed by atoms with E-state index in [-0.39, 0.29) is 16.9 Å². The summed E-state index contributed by atoms with van der Waals surface area (Å²) in [4.78, 5) is 23.9. The van der Waals surface area contributed by atoms with Gasteiger partial charge in [-0.25, -0.2) is 4.79 Å². The van der Waals surface area contributed by atoms with Crippen LogP contribution in [-0.2, 0) is 14.9 Å². The zero-order valence-electron chi connectivity index (χ0n) is 14.1. The molecule has 1 aromatic carbocycles. The van der Waals surface area contributed by atoms with Gasteiger partial charge < -0.3 is 14.0 Å². The molecule has 0 saturated heterocycles. The quantitative estimate of drug-likeness (QED) is 0.847. The highest BCUT2D eigenvalue weighted by atomic mass is 16.5. The van der Waals surface area contributed by atoms with Gasteiger partial charge in [-0.05, 0) is 12.1 Å². The largest absolute Gasteiger partial charge is 0.496 e. The molecule has 0 atom stereocenters. The molecule has 0 unspecified atom stereocenters. The summed E-state index contributed by atoms with van der Waals surface area (Å²) in [6, 6.07) is 8.26. The molecule has 7 nitrogen and oxygen atoms in total. The van der Waals surface area contributed by atoms with Gasteiger partial charge in [0.2, 0.25) is 5.88 Å². The van der Waals surface area contributed by atoms with Crippen molar-refractivity contribution < 1.29 is 23.6 Å². The highest BCUT2D eigenvalue weighted by molar-refractivity contribution is 5.96. The van der Waals surface area contributed by atoms with Crippen molar-refractivity contribution >= 4 is 17.8 Å². The molecule has 1 N–H and O–H groups in total. The van der Waals surface area contributed by atoms with Crippen LogP contribution < -0.4 is 10.1 Å². The number of carbonyl (C=O) groups excluding carboxylic acids is 2. The van der Waals surface area contributed by atoms with E-state index in [9.17, 15) is 9.59 Å². The number of nitrogens with zero attached hydrogens (tertiary/aromatic N) is 1. The Bertz CT molecular complexity index is 731. The van der Waals surface area contributed by atoms with E-state index in [0.717, 1.165) is 0 Å². The number of rotatable bonds is 5. The van der Waals surface area contributed by atoms with Gasteiger partial charge in [0.25, 0.3) is 5.91 Å². The number of ether oxygens (including phenoxy) is 2. The number of para-hydroxylation sites is 1. The first-order valence-electron chi connectivity index (χ1n) is 7.38. The molecule has 0 aliphatic carbocycles. The molecule has 1 aromatic heterocycles. The smallest absolute Gasteiger partial charge is 0.342 e. The topological polar surface area (TPSA) is 90.7 Å². The summed E-state index contributed by atoms with van der Waals surface area (Å²) in [5.41, 5.74) is 0.773. The zero-order valence-corrected chi connectivity index (χ0v) is 14.1. The summed E-state index contributed by atoms with van der Waals surface area (Å²) in [5, 5.41) is 6.39. The van der Waals surface area contributed by atoms with E-state index in [0.29, 0.717) is 11.4 Å². The minimum absolute atomic E-state index is 0.192. The van der Waals surface area contributed by atoms with Crippen LogP contribution in [0.3, 0.4) is 0 Å². The molecule has 0 aliphatic heterocycles. The normalized spacial score (nSPS) is 11.0. The summed E-state index contributed by atoms with van der Waals surface area (Å²) in [6.45, 7) is 5.49. The molecule has 0 fully saturated rings.